The van der Waals surface area contributed by atoms with Gasteiger partial charge in [0.25, 0.3) is 0 Å². The number of nitrogens with zero attached hydrogens (tertiary/aromatic N) is 1. The van der Waals surface area contributed by atoms with Gasteiger partial charge >= 0.3 is 5.97 Å². The molecule has 0 spiro atoms. The van der Waals surface area contributed by atoms with Crippen molar-refractivity contribution in [3.05, 3.63) is 40.3 Å². The predicted octanol–water partition coefficient (Wildman–Crippen LogP) is 4.05. The molecule has 1 aromatic carbocycles. The van der Waals surface area contributed by atoms with Gasteiger partial charge in [0.2, 0.25) is 5.91 Å². The van der Waals surface area contributed by atoms with Gasteiger partial charge in [-0.05, 0) is 51.3 Å². The van der Waals surface area contributed by atoms with Gasteiger partial charge in [0.05, 0.1) is 24.7 Å². The third-order valence-corrected chi connectivity index (χ3v) is 8.42. The zero-order valence-electron chi connectivity index (χ0n) is 19.6. The molecule has 1 aliphatic rings. The molecule has 2 heterocycles. The predicted molar refractivity (Wildman–Crippen MR) is 133 cm³/mol. The fraction of sp³-hybridized carbons (Fsp3) is 0.500. The summed E-state index contributed by atoms with van der Waals surface area (Å²) in [6.07, 6.45) is 1.35. The van der Waals surface area contributed by atoms with E-state index in [0.717, 1.165) is 28.7 Å². The highest BCUT2D eigenvalue weighted by Crippen LogP contribution is 2.38. The SMILES string of the molecule is CCCN(CC(=O)Nc1scc(-c2ccc(C)cc2C)c1C(=O)OCC)C1CCS(=O)(=O)C1. The van der Waals surface area contributed by atoms with E-state index in [9.17, 15) is 18.0 Å². The summed E-state index contributed by atoms with van der Waals surface area (Å²) in [5, 5.41) is 5.21. The average molecular weight is 493 g/mol. The molecular formula is C24H32N2O5S2. The molecule has 1 aliphatic heterocycles. The minimum atomic E-state index is -3.04. The van der Waals surface area contributed by atoms with Crippen molar-refractivity contribution in [2.45, 2.75) is 46.6 Å². The average Bonchev–Trinajstić information content (AvgIpc) is 3.30. The highest BCUT2D eigenvalue weighted by atomic mass is 32.2. The molecule has 1 aromatic heterocycles. The van der Waals surface area contributed by atoms with Crippen molar-refractivity contribution >= 4 is 38.1 Å². The molecule has 0 aliphatic carbocycles. The van der Waals surface area contributed by atoms with Crippen LogP contribution in [0.3, 0.4) is 0 Å². The zero-order chi connectivity index (χ0) is 24.2. The fourth-order valence-electron chi connectivity index (χ4n) is 4.26. The van der Waals surface area contributed by atoms with E-state index in [-0.39, 0.29) is 36.6 Å². The van der Waals surface area contributed by atoms with Crippen LogP contribution in [0.5, 0.6) is 0 Å². The standard InChI is InChI=1S/C24H32N2O5S2/c1-5-10-26(18-9-11-33(29,30)15-18)13-21(27)25-23-22(24(28)31-6-2)20(14-32-23)19-8-7-16(3)12-17(19)4/h7-8,12,14,18H,5-6,9-11,13,15H2,1-4H3,(H,25,27). The lowest BCUT2D eigenvalue weighted by atomic mass is 9.97. The van der Waals surface area contributed by atoms with Gasteiger partial charge < -0.3 is 10.1 Å². The van der Waals surface area contributed by atoms with Crippen LogP contribution in [0.4, 0.5) is 5.00 Å². The van der Waals surface area contributed by atoms with Crippen LogP contribution in [-0.4, -0.2) is 62.4 Å². The lowest BCUT2D eigenvalue weighted by Gasteiger charge is -2.26. The molecule has 2 aromatic rings. The number of nitrogens with one attached hydrogen (secondary N) is 1. The summed E-state index contributed by atoms with van der Waals surface area (Å²) < 4.78 is 29.1. The van der Waals surface area contributed by atoms with E-state index in [1.54, 1.807) is 6.92 Å². The third kappa shape index (κ3) is 6.22. The number of carbonyl (C=O) groups excluding carboxylic acids is 2. The Balaban J connectivity index is 1.85. The summed E-state index contributed by atoms with van der Waals surface area (Å²) in [5.74, 6) is -0.496. The maximum Gasteiger partial charge on any atom is 0.341 e. The highest BCUT2D eigenvalue weighted by molar-refractivity contribution is 7.91. The van der Waals surface area contributed by atoms with E-state index in [4.69, 9.17) is 4.74 Å². The second kappa shape index (κ2) is 10.8. The van der Waals surface area contributed by atoms with Gasteiger partial charge in [0, 0.05) is 17.0 Å². The number of hydrogen-bond acceptors (Lipinski definition) is 7. The van der Waals surface area contributed by atoms with Crippen LogP contribution in [0.1, 0.15) is 48.2 Å². The number of esters is 1. The van der Waals surface area contributed by atoms with Crippen LogP contribution in [0.25, 0.3) is 11.1 Å². The summed E-state index contributed by atoms with van der Waals surface area (Å²) in [6.45, 7) is 8.70. The zero-order valence-corrected chi connectivity index (χ0v) is 21.3. The van der Waals surface area contributed by atoms with Crippen LogP contribution in [0.2, 0.25) is 0 Å². The first-order valence-corrected chi connectivity index (χ1v) is 14.0. The van der Waals surface area contributed by atoms with Gasteiger partial charge in [-0.15, -0.1) is 11.3 Å². The quantitative estimate of drug-likeness (QED) is 0.531. The molecule has 180 valence electrons. The maximum absolute atomic E-state index is 13.0. The highest BCUT2D eigenvalue weighted by Gasteiger charge is 2.33. The molecule has 9 heteroatoms. The molecule has 7 nitrogen and oxygen atoms in total. The van der Waals surface area contributed by atoms with Gasteiger partial charge in [0.15, 0.2) is 9.84 Å². The lowest BCUT2D eigenvalue weighted by Crippen LogP contribution is -2.42. The molecule has 1 unspecified atom stereocenters. The van der Waals surface area contributed by atoms with Crippen molar-refractivity contribution in [3.8, 4) is 11.1 Å². The van der Waals surface area contributed by atoms with Gasteiger partial charge in [0.1, 0.15) is 10.6 Å². The molecule has 0 saturated carbocycles. The number of thiophene rings is 1. The first kappa shape index (κ1) is 25.4. The van der Waals surface area contributed by atoms with Gasteiger partial charge in [-0.25, -0.2) is 13.2 Å². The van der Waals surface area contributed by atoms with E-state index >= 15 is 0 Å². The number of rotatable bonds is 9. The Morgan fingerprint density at radius 1 is 1.21 bits per heavy atom. The number of ether oxygens (including phenoxy) is 1. The summed E-state index contributed by atoms with van der Waals surface area (Å²) in [4.78, 5) is 27.7. The fourth-order valence-corrected chi connectivity index (χ4v) is 6.99. The Labute approximate surface area is 200 Å². The molecule has 3 rings (SSSR count). The monoisotopic (exact) mass is 492 g/mol. The Morgan fingerprint density at radius 3 is 2.58 bits per heavy atom. The Hall–Kier alpha value is -2.23. The van der Waals surface area contributed by atoms with Crippen LogP contribution < -0.4 is 5.32 Å². The minimum absolute atomic E-state index is 0.0765. The molecule has 1 saturated heterocycles. The summed E-state index contributed by atoms with van der Waals surface area (Å²) in [6, 6.07) is 5.87. The normalized spacial score (nSPS) is 17.3. The maximum atomic E-state index is 13.0. The Bertz CT molecular complexity index is 1120. The molecule has 33 heavy (non-hydrogen) atoms. The Morgan fingerprint density at radius 2 is 1.97 bits per heavy atom. The van der Waals surface area contributed by atoms with Crippen LogP contribution in [0.15, 0.2) is 23.6 Å². The number of carbonyl (C=O) groups is 2. The van der Waals surface area contributed by atoms with E-state index in [0.29, 0.717) is 23.5 Å². The van der Waals surface area contributed by atoms with E-state index in [1.807, 2.05) is 43.2 Å². The summed E-state index contributed by atoms with van der Waals surface area (Å²) >= 11 is 1.29. The minimum Gasteiger partial charge on any atom is -0.462 e. The van der Waals surface area contributed by atoms with Crippen molar-refractivity contribution in [2.24, 2.45) is 0 Å². The summed E-state index contributed by atoms with van der Waals surface area (Å²) in [5.41, 5.74) is 4.17. The third-order valence-electron chi connectivity index (χ3n) is 5.78. The summed E-state index contributed by atoms with van der Waals surface area (Å²) in [7, 11) is -3.04. The van der Waals surface area contributed by atoms with E-state index < -0.39 is 15.8 Å². The van der Waals surface area contributed by atoms with Gasteiger partial charge in [-0.1, -0.05) is 30.7 Å². The molecule has 0 bridgehead atoms. The van der Waals surface area contributed by atoms with Crippen molar-refractivity contribution < 1.29 is 22.7 Å². The number of benzene rings is 1. The first-order chi connectivity index (χ1) is 15.6. The van der Waals surface area contributed by atoms with Gasteiger partial charge in [-0.3, -0.25) is 9.69 Å². The number of amides is 1. The molecule has 1 fully saturated rings. The number of anilines is 1. The Kier molecular flexibility index (Phi) is 8.31. The second-order valence-electron chi connectivity index (χ2n) is 8.47. The number of aryl methyl sites for hydroxylation is 2. The lowest BCUT2D eigenvalue weighted by molar-refractivity contribution is -0.117. The van der Waals surface area contributed by atoms with Crippen LogP contribution >= 0.6 is 11.3 Å². The van der Waals surface area contributed by atoms with Crippen LogP contribution in [0, 0.1) is 13.8 Å². The van der Waals surface area contributed by atoms with Crippen molar-refractivity contribution in [1.82, 2.24) is 4.90 Å². The van der Waals surface area contributed by atoms with E-state index in [1.165, 1.54) is 11.3 Å². The van der Waals surface area contributed by atoms with Crippen molar-refractivity contribution in [2.75, 3.05) is 36.5 Å². The smallest absolute Gasteiger partial charge is 0.341 e. The molecule has 1 N–H and O–H groups in total. The number of sulfone groups is 1. The van der Waals surface area contributed by atoms with Crippen LogP contribution in [-0.2, 0) is 19.4 Å². The van der Waals surface area contributed by atoms with Crippen molar-refractivity contribution in [1.29, 1.82) is 0 Å². The molecule has 1 atom stereocenters. The van der Waals surface area contributed by atoms with E-state index in [2.05, 4.69) is 11.4 Å². The van der Waals surface area contributed by atoms with Crippen molar-refractivity contribution in [3.63, 3.8) is 0 Å². The first-order valence-electron chi connectivity index (χ1n) is 11.3. The molecule has 0 radical (unpaired) electrons. The number of hydrogen-bond donors (Lipinski definition) is 1. The molecule has 1 amide bonds. The largest absolute Gasteiger partial charge is 0.462 e. The van der Waals surface area contributed by atoms with Gasteiger partial charge in [-0.2, -0.15) is 0 Å². The topological polar surface area (TPSA) is 92.8 Å². The second-order valence-corrected chi connectivity index (χ2v) is 11.6. The molecular weight excluding hydrogens is 460 g/mol.